The normalized spacial score (nSPS) is 15.5. The zero-order valence-electron chi connectivity index (χ0n) is 34.6. The molecule has 0 aromatic carbocycles. The van der Waals surface area contributed by atoms with Crippen molar-refractivity contribution in [2.24, 2.45) is 0 Å². The predicted molar refractivity (Wildman–Crippen MR) is 220 cm³/mol. The second kappa shape index (κ2) is 34.9. The number of phosphoric acid groups is 1. The smallest absolute Gasteiger partial charge is 0.268 e. The van der Waals surface area contributed by atoms with Gasteiger partial charge in [0.05, 0.1) is 46.0 Å². The highest BCUT2D eigenvalue weighted by Crippen LogP contribution is 2.38. The zero-order valence-corrected chi connectivity index (χ0v) is 35.5. The van der Waals surface area contributed by atoms with Gasteiger partial charge in [0.25, 0.3) is 7.82 Å². The topological polar surface area (TPSA) is 128 Å². The molecule has 310 valence electrons. The molecule has 2 unspecified atom stereocenters. The summed E-state index contributed by atoms with van der Waals surface area (Å²) in [7, 11) is 1.14. The quantitative estimate of drug-likeness (QED) is 0.0189. The SMILES string of the molecule is CCCCCCCC/C=C/C/C=C/C=C/C(O)CCCC(=O)N[C@@H](COP(=O)([O-])OCC[N+](C)(C)C)[C@H](O)/C=C/CCCCCCCCCCCCC. The Balaban J connectivity index is 4.69. The van der Waals surface area contributed by atoms with E-state index in [2.05, 4.69) is 31.3 Å². The van der Waals surface area contributed by atoms with Crippen LogP contribution in [0.15, 0.2) is 48.6 Å². The first-order valence-electron chi connectivity index (χ1n) is 21.1. The van der Waals surface area contributed by atoms with Crippen LogP contribution in [0.1, 0.15) is 162 Å². The van der Waals surface area contributed by atoms with Crippen molar-refractivity contribution in [3.63, 3.8) is 0 Å². The number of hydrogen-bond acceptors (Lipinski definition) is 7. The molecule has 0 rings (SSSR count). The van der Waals surface area contributed by atoms with Crippen molar-refractivity contribution in [2.75, 3.05) is 40.9 Å². The highest BCUT2D eigenvalue weighted by molar-refractivity contribution is 7.45. The van der Waals surface area contributed by atoms with E-state index in [1.165, 1.54) is 96.3 Å². The maximum atomic E-state index is 12.8. The molecular weight excluding hydrogens is 687 g/mol. The van der Waals surface area contributed by atoms with Gasteiger partial charge in [-0.25, -0.2) is 0 Å². The molecule has 0 fully saturated rings. The average molecular weight is 769 g/mol. The molecule has 53 heavy (non-hydrogen) atoms. The molecular formula is C43H81N2O7P. The molecule has 0 aliphatic rings. The number of rotatable bonds is 37. The van der Waals surface area contributed by atoms with Gasteiger partial charge < -0.3 is 34.0 Å². The lowest BCUT2D eigenvalue weighted by Crippen LogP contribution is -2.45. The summed E-state index contributed by atoms with van der Waals surface area (Å²) in [5.41, 5.74) is 0. The van der Waals surface area contributed by atoms with E-state index in [-0.39, 0.29) is 18.9 Å². The fourth-order valence-electron chi connectivity index (χ4n) is 5.69. The van der Waals surface area contributed by atoms with Gasteiger partial charge in [-0.05, 0) is 44.9 Å². The first kappa shape index (κ1) is 51.4. The minimum Gasteiger partial charge on any atom is -0.756 e. The Bertz CT molecular complexity index is 1020. The monoisotopic (exact) mass is 769 g/mol. The summed E-state index contributed by atoms with van der Waals surface area (Å²) in [6, 6.07) is -0.977. The van der Waals surface area contributed by atoms with Crippen LogP contribution in [0.25, 0.3) is 0 Å². The van der Waals surface area contributed by atoms with E-state index in [9.17, 15) is 24.5 Å². The third-order valence-corrected chi connectivity index (χ3v) is 10.1. The minimum absolute atomic E-state index is 0.0361. The predicted octanol–water partition coefficient (Wildman–Crippen LogP) is 9.64. The molecule has 0 aliphatic carbocycles. The summed E-state index contributed by atoms with van der Waals surface area (Å²) in [5.74, 6) is -0.355. The lowest BCUT2D eigenvalue weighted by atomic mass is 10.0. The van der Waals surface area contributed by atoms with Crippen molar-refractivity contribution in [1.82, 2.24) is 5.32 Å². The van der Waals surface area contributed by atoms with Crippen molar-refractivity contribution >= 4 is 13.7 Å². The van der Waals surface area contributed by atoms with E-state index in [1.807, 2.05) is 45.4 Å². The minimum atomic E-state index is -4.64. The summed E-state index contributed by atoms with van der Waals surface area (Å²) in [6.45, 7) is 4.46. The number of nitrogens with one attached hydrogen (secondary N) is 1. The molecule has 0 saturated carbocycles. The van der Waals surface area contributed by atoms with E-state index in [0.29, 0.717) is 23.9 Å². The highest BCUT2D eigenvalue weighted by atomic mass is 31.2. The maximum absolute atomic E-state index is 12.8. The largest absolute Gasteiger partial charge is 0.756 e. The van der Waals surface area contributed by atoms with Gasteiger partial charge in [-0.15, -0.1) is 0 Å². The lowest BCUT2D eigenvalue weighted by Gasteiger charge is -2.29. The fourth-order valence-corrected chi connectivity index (χ4v) is 6.41. The van der Waals surface area contributed by atoms with Crippen molar-refractivity contribution in [1.29, 1.82) is 0 Å². The molecule has 3 N–H and O–H groups in total. The van der Waals surface area contributed by atoms with Crippen LogP contribution in [-0.4, -0.2) is 79.8 Å². The maximum Gasteiger partial charge on any atom is 0.268 e. The molecule has 0 spiro atoms. The van der Waals surface area contributed by atoms with Crippen LogP contribution < -0.4 is 10.2 Å². The zero-order chi connectivity index (χ0) is 39.5. The number of hydrogen-bond donors (Lipinski definition) is 3. The first-order chi connectivity index (χ1) is 25.4. The summed E-state index contributed by atoms with van der Waals surface area (Å²) in [5, 5.41) is 24.0. The van der Waals surface area contributed by atoms with Gasteiger partial charge in [-0.2, -0.15) is 0 Å². The third kappa shape index (κ3) is 37.1. The molecule has 0 saturated heterocycles. The summed E-state index contributed by atoms with van der Waals surface area (Å²) in [4.78, 5) is 25.2. The van der Waals surface area contributed by atoms with Gasteiger partial charge >= 0.3 is 0 Å². The number of phosphoric ester groups is 1. The van der Waals surface area contributed by atoms with Crippen LogP contribution in [0.4, 0.5) is 0 Å². The Morgan fingerprint density at radius 1 is 0.717 bits per heavy atom. The third-order valence-electron chi connectivity index (χ3n) is 9.14. The molecule has 10 heteroatoms. The number of carbonyl (C=O) groups excluding carboxylic acids is 1. The van der Waals surface area contributed by atoms with Crippen molar-refractivity contribution in [2.45, 2.75) is 180 Å². The molecule has 0 bridgehead atoms. The van der Waals surface area contributed by atoms with E-state index in [4.69, 9.17) is 9.05 Å². The van der Waals surface area contributed by atoms with Crippen molar-refractivity contribution < 1.29 is 38.0 Å². The highest BCUT2D eigenvalue weighted by Gasteiger charge is 2.23. The number of aliphatic hydroxyl groups excluding tert-OH is 2. The number of carbonyl (C=O) groups is 1. The number of aliphatic hydroxyl groups is 2. The number of unbranched alkanes of at least 4 members (excludes halogenated alkanes) is 17. The van der Waals surface area contributed by atoms with Crippen LogP contribution in [-0.2, 0) is 18.4 Å². The Morgan fingerprint density at radius 3 is 1.83 bits per heavy atom. The van der Waals surface area contributed by atoms with Crippen LogP contribution in [0, 0.1) is 0 Å². The fraction of sp³-hybridized carbons (Fsp3) is 0.791. The first-order valence-corrected chi connectivity index (χ1v) is 22.6. The molecule has 4 atom stereocenters. The van der Waals surface area contributed by atoms with E-state index in [1.54, 1.807) is 12.2 Å². The Labute approximate surface area is 325 Å². The number of quaternary nitrogens is 1. The Morgan fingerprint density at radius 2 is 1.26 bits per heavy atom. The molecule has 9 nitrogen and oxygen atoms in total. The summed E-state index contributed by atoms with van der Waals surface area (Å²) >= 11 is 0. The molecule has 0 aromatic rings. The van der Waals surface area contributed by atoms with Crippen LogP contribution in [0.5, 0.6) is 0 Å². The van der Waals surface area contributed by atoms with Gasteiger partial charge in [0, 0.05) is 6.42 Å². The van der Waals surface area contributed by atoms with Crippen LogP contribution >= 0.6 is 7.82 Å². The van der Waals surface area contributed by atoms with Gasteiger partial charge in [-0.3, -0.25) is 9.36 Å². The number of amides is 1. The van der Waals surface area contributed by atoms with Crippen molar-refractivity contribution in [3.05, 3.63) is 48.6 Å². The standard InChI is InChI=1S/C43H81N2O7P/c1-6-8-10-12-14-16-18-20-22-24-26-28-30-33-40(46)34-32-36-43(48)44-41(39-52-53(49,50)51-38-37-45(3,4)5)42(47)35-31-29-27-25-23-21-19-17-15-13-11-9-7-2/h20,22,26,28,30-31,33,35,40-42,46-47H,6-19,21,23-25,27,29,32,34,36-39H2,1-5H3,(H-,44,48,49,50)/b22-20+,28-26+,33-30+,35-31+/t40?,41-,42+/m0/s1. The summed E-state index contributed by atoms with van der Waals surface area (Å²) < 4.78 is 23.1. The van der Waals surface area contributed by atoms with E-state index in [0.717, 1.165) is 32.1 Å². The van der Waals surface area contributed by atoms with Gasteiger partial charge in [0.15, 0.2) is 0 Å². The Kier molecular flexibility index (Phi) is 33.8. The molecule has 0 aliphatic heterocycles. The van der Waals surface area contributed by atoms with E-state index < -0.39 is 32.7 Å². The number of allylic oxidation sites excluding steroid dienone is 6. The van der Waals surface area contributed by atoms with Crippen LogP contribution in [0.2, 0.25) is 0 Å². The van der Waals surface area contributed by atoms with Crippen LogP contribution in [0.3, 0.4) is 0 Å². The molecule has 0 heterocycles. The van der Waals surface area contributed by atoms with Crippen molar-refractivity contribution in [3.8, 4) is 0 Å². The van der Waals surface area contributed by atoms with Gasteiger partial charge in [0.1, 0.15) is 13.2 Å². The molecule has 0 aromatic heterocycles. The molecule has 0 radical (unpaired) electrons. The second-order valence-corrected chi connectivity index (χ2v) is 17.0. The average Bonchev–Trinajstić information content (AvgIpc) is 3.09. The molecule has 1 amide bonds. The number of nitrogens with zero attached hydrogens (tertiary/aromatic N) is 1. The lowest BCUT2D eigenvalue weighted by molar-refractivity contribution is -0.870. The summed E-state index contributed by atoms with van der Waals surface area (Å²) in [6.07, 6.45) is 38.9. The van der Waals surface area contributed by atoms with Gasteiger partial charge in [0.2, 0.25) is 5.91 Å². The Hall–Kier alpha value is -1.58. The van der Waals surface area contributed by atoms with E-state index >= 15 is 0 Å². The number of likely N-dealkylation sites (N-methyl/N-ethyl adjacent to an activating group) is 1. The second-order valence-electron chi connectivity index (χ2n) is 15.5. The van der Waals surface area contributed by atoms with Gasteiger partial charge in [-0.1, -0.05) is 159 Å².